The molecule has 2 amide bonds. The molecule has 12 heavy (non-hydrogen) atoms. The van der Waals surface area contributed by atoms with Crippen LogP contribution in [-0.2, 0) is 9.59 Å². The topological polar surface area (TPSA) is 49.4 Å². The molecule has 1 atom stereocenters. The fourth-order valence-corrected chi connectivity index (χ4v) is 1.28. The lowest BCUT2D eigenvalue weighted by atomic mass is 10.2. The highest BCUT2D eigenvalue weighted by atomic mass is 16.2. The largest absolute Gasteiger partial charge is 0.344 e. The highest BCUT2D eigenvalue weighted by Gasteiger charge is 2.31. The van der Waals surface area contributed by atoms with E-state index >= 15 is 0 Å². The van der Waals surface area contributed by atoms with Gasteiger partial charge in [0.15, 0.2) is 0 Å². The summed E-state index contributed by atoms with van der Waals surface area (Å²) >= 11 is 0. The van der Waals surface area contributed by atoms with E-state index < -0.39 is 11.8 Å². The van der Waals surface area contributed by atoms with Gasteiger partial charge in [0, 0.05) is 18.6 Å². The van der Waals surface area contributed by atoms with E-state index in [1.165, 1.54) is 0 Å². The second-order valence-corrected chi connectivity index (χ2v) is 3.43. The van der Waals surface area contributed by atoms with Crippen LogP contribution in [0.1, 0.15) is 20.8 Å². The van der Waals surface area contributed by atoms with Crippen molar-refractivity contribution in [2.45, 2.75) is 32.9 Å². The van der Waals surface area contributed by atoms with Gasteiger partial charge >= 0.3 is 11.8 Å². The first-order valence-corrected chi connectivity index (χ1v) is 4.14. The highest BCUT2D eigenvalue weighted by molar-refractivity contribution is 6.35. The minimum atomic E-state index is -0.484. The van der Waals surface area contributed by atoms with Crippen LogP contribution in [0.2, 0.25) is 0 Å². The number of piperazine rings is 1. The van der Waals surface area contributed by atoms with Crippen LogP contribution in [-0.4, -0.2) is 35.3 Å². The van der Waals surface area contributed by atoms with Gasteiger partial charge in [-0.15, -0.1) is 0 Å². The van der Waals surface area contributed by atoms with E-state index in [1.807, 2.05) is 20.8 Å². The lowest BCUT2D eigenvalue weighted by Gasteiger charge is -2.33. The first-order chi connectivity index (χ1) is 5.52. The normalized spacial score (nSPS) is 24.7. The molecule has 0 bridgehead atoms. The summed E-state index contributed by atoms with van der Waals surface area (Å²) in [6, 6.07) is 0.170. The van der Waals surface area contributed by atoms with E-state index in [2.05, 4.69) is 5.32 Å². The van der Waals surface area contributed by atoms with E-state index in [0.29, 0.717) is 6.54 Å². The average Bonchev–Trinajstić information content (AvgIpc) is 1.96. The third-order valence-electron chi connectivity index (χ3n) is 1.93. The van der Waals surface area contributed by atoms with Crippen LogP contribution in [0.5, 0.6) is 0 Å². The molecule has 0 aromatic carbocycles. The summed E-state index contributed by atoms with van der Waals surface area (Å²) in [7, 11) is 0. The average molecular weight is 170 g/mol. The third kappa shape index (κ3) is 1.57. The molecule has 1 heterocycles. The summed E-state index contributed by atoms with van der Waals surface area (Å²) in [6.45, 7) is 6.31. The van der Waals surface area contributed by atoms with Crippen LogP contribution >= 0.6 is 0 Å². The maximum Gasteiger partial charge on any atom is 0.312 e. The Kier molecular flexibility index (Phi) is 2.35. The Bertz CT molecular complexity index is 213. The molecule has 4 nitrogen and oxygen atoms in total. The van der Waals surface area contributed by atoms with Gasteiger partial charge in [0.05, 0.1) is 0 Å². The van der Waals surface area contributed by atoms with Gasteiger partial charge in [-0.05, 0) is 20.8 Å². The fraction of sp³-hybridized carbons (Fsp3) is 0.750. The zero-order valence-corrected chi connectivity index (χ0v) is 7.63. The first-order valence-electron chi connectivity index (χ1n) is 4.14. The van der Waals surface area contributed by atoms with Gasteiger partial charge < -0.3 is 10.2 Å². The van der Waals surface area contributed by atoms with Gasteiger partial charge in [-0.25, -0.2) is 0 Å². The van der Waals surface area contributed by atoms with Gasteiger partial charge in [0.25, 0.3) is 0 Å². The summed E-state index contributed by atoms with van der Waals surface area (Å²) in [5.41, 5.74) is 0. The molecule has 1 aliphatic rings. The van der Waals surface area contributed by atoms with E-state index in [-0.39, 0.29) is 12.1 Å². The van der Waals surface area contributed by atoms with E-state index in [9.17, 15) is 9.59 Å². The quantitative estimate of drug-likeness (QED) is 0.551. The zero-order chi connectivity index (χ0) is 9.30. The molecule has 0 aliphatic carbocycles. The van der Waals surface area contributed by atoms with Crippen molar-refractivity contribution in [3.05, 3.63) is 0 Å². The summed E-state index contributed by atoms with van der Waals surface area (Å²) in [6.07, 6.45) is 0. The number of hydrogen-bond acceptors (Lipinski definition) is 2. The van der Waals surface area contributed by atoms with Crippen molar-refractivity contribution in [3.63, 3.8) is 0 Å². The van der Waals surface area contributed by atoms with Gasteiger partial charge in [-0.1, -0.05) is 0 Å². The molecule has 1 saturated heterocycles. The summed E-state index contributed by atoms with van der Waals surface area (Å²) in [4.78, 5) is 23.8. The molecule has 0 aromatic heterocycles. The Hall–Kier alpha value is -1.06. The van der Waals surface area contributed by atoms with Gasteiger partial charge in [-0.2, -0.15) is 0 Å². The molecular formula is C8H14N2O2. The Labute approximate surface area is 71.9 Å². The predicted octanol–water partition coefficient (Wildman–Crippen LogP) is -0.258. The molecule has 1 fully saturated rings. The maximum atomic E-state index is 11.2. The highest BCUT2D eigenvalue weighted by Crippen LogP contribution is 2.05. The Balaban J connectivity index is 2.73. The van der Waals surface area contributed by atoms with Crippen molar-refractivity contribution in [1.82, 2.24) is 10.2 Å². The molecule has 0 unspecified atom stereocenters. The predicted molar refractivity (Wildman–Crippen MR) is 44.5 cm³/mol. The second kappa shape index (κ2) is 3.13. The maximum absolute atomic E-state index is 11.2. The number of hydrogen-bond donors (Lipinski definition) is 1. The minimum absolute atomic E-state index is 0.0672. The van der Waals surface area contributed by atoms with Crippen LogP contribution in [0, 0.1) is 0 Å². The molecule has 1 aliphatic heterocycles. The molecule has 0 aromatic rings. The van der Waals surface area contributed by atoms with Crippen molar-refractivity contribution >= 4 is 11.8 Å². The minimum Gasteiger partial charge on any atom is -0.344 e. The van der Waals surface area contributed by atoms with E-state index in [0.717, 1.165) is 0 Å². The third-order valence-corrected chi connectivity index (χ3v) is 1.93. The van der Waals surface area contributed by atoms with E-state index in [1.54, 1.807) is 4.90 Å². The van der Waals surface area contributed by atoms with Gasteiger partial charge in [0.1, 0.15) is 0 Å². The molecule has 0 spiro atoms. The van der Waals surface area contributed by atoms with E-state index in [4.69, 9.17) is 0 Å². The standard InChI is InChI=1S/C8H14N2O2/c1-5(2)10-4-6(3)9-7(11)8(10)12/h5-6H,4H2,1-3H3,(H,9,11)/t6-/m0/s1. The summed E-state index contributed by atoms with van der Waals surface area (Å²) in [5.74, 6) is -0.898. The smallest absolute Gasteiger partial charge is 0.312 e. The van der Waals surface area contributed by atoms with Crippen molar-refractivity contribution in [1.29, 1.82) is 0 Å². The number of rotatable bonds is 1. The number of nitrogens with zero attached hydrogens (tertiary/aromatic N) is 1. The number of amides is 2. The molecular weight excluding hydrogens is 156 g/mol. The molecule has 1 N–H and O–H groups in total. The molecule has 68 valence electrons. The molecule has 1 rings (SSSR count). The van der Waals surface area contributed by atoms with Crippen LogP contribution < -0.4 is 5.32 Å². The van der Waals surface area contributed by atoms with Crippen LogP contribution in [0.15, 0.2) is 0 Å². The van der Waals surface area contributed by atoms with Gasteiger partial charge in [0.2, 0.25) is 0 Å². The Morgan fingerprint density at radius 2 is 2.08 bits per heavy atom. The van der Waals surface area contributed by atoms with Crippen LogP contribution in [0.4, 0.5) is 0 Å². The van der Waals surface area contributed by atoms with Crippen molar-refractivity contribution < 1.29 is 9.59 Å². The summed E-state index contributed by atoms with van der Waals surface area (Å²) < 4.78 is 0. The van der Waals surface area contributed by atoms with Crippen LogP contribution in [0.25, 0.3) is 0 Å². The number of nitrogens with one attached hydrogen (secondary N) is 1. The Morgan fingerprint density at radius 1 is 1.50 bits per heavy atom. The number of carbonyl (C=O) groups is 2. The van der Waals surface area contributed by atoms with Gasteiger partial charge in [-0.3, -0.25) is 9.59 Å². The number of carbonyl (C=O) groups excluding carboxylic acids is 2. The molecule has 0 radical (unpaired) electrons. The zero-order valence-electron chi connectivity index (χ0n) is 7.63. The van der Waals surface area contributed by atoms with Crippen molar-refractivity contribution in [2.24, 2.45) is 0 Å². The molecule has 0 saturated carbocycles. The lowest BCUT2D eigenvalue weighted by Crippen LogP contribution is -2.58. The Morgan fingerprint density at radius 3 is 2.58 bits per heavy atom. The first kappa shape index (κ1) is 9.03. The van der Waals surface area contributed by atoms with Crippen molar-refractivity contribution in [3.8, 4) is 0 Å². The lowest BCUT2D eigenvalue weighted by molar-refractivity contribution is -0.150. The SMILES string of the molecule is CC(C)N1C[C@H](C)NC(=O)C1=O. The van der Waals surface area contributed by atoms with Crippen LogP contribution in [0.3, 0.4) is 0 Å². The fourth-order valence-electron chi connectivity index (χ4n) is 1.28. The van der Waals surface area contributed by atoms with Crippen molar-refractivity contribution in [2.75, 3.05) is 6.54 Å². The summed E-state index contributed by atoms with van der Waals surface area (Å²) in [5, 5.41) is 2.58. The second-order valence-electron chi connectivity index (χ2n) is 3.43. The monoisotopic (exact) mass is 170 g/mol. The molecule has 4 heteroatoms.